The molecule has 0 saturated carbocycles. The van der Waals surface area contributed by atoms with Crippen LogP contribution in [-0.2, 0) is 0 Å². The first-order valence-corrected chi connectivity index (χ1v) is 7.38. The lowest BCUT2D eigenvalue weighted by Crippen LogP contribution is -2.35. The molecule has 1 fully saturated rings. The highest BCUT2D eigenvalue weighted by Gasteiger charge is 2.32. The molecule has 2 N–H and O–H groups in total. The molecule has 0 bridgehead atoms. The summed E-state index contributed by atoms with van der Waals surface area (Å²) in [6.45, 7) is 5.58. The number of likely N-dealkylation sites (tertiary alicyclic amines) is 1. The first kappa shape index (κ1) is 16.7. The maximum absolute atomic E-state index is 12.6. The number of amides is 1. The normalized spacial score (nSPS) is 22.2. The Morgan fingerprint density at radius 3 is 2.79 bits per heavy atom. The second-order valence-corrected chi connectivity index (χ2v) is 6.22. The number of rotatable bonds is 2. The summed E-state index contributed by atoms with van der Waals surface area (Å²) in [6, 6.07) is 6.19. The predicted octanol–water partition coefficient (Wildman–Crippen LogP) is 2.83. The van der Waals surface area contributed by atoms with Crippen LogP contribution < -0.4 is 5.73 Å². The van der Waals surface area contributed by atoms with E-state index in [1.165, 1.54) is 0 Å². The van der Waals surface area contributed by atoms with Gasteiger partial charge in [-0.05, 0) is 73.0 Å². The standard InChI is InChI=1S/C14H19IN2O.ClH/c1-9-6-11(7-16)8-17(9)14(18)12-4-3-5-13(15)10(12)2;/h3-5,9,11H,6-8,16H2,1-2H3;1H. The molecule has 2 atom stereocenters. The molecule has 1 aromatic carbocycles. The second kappa shape index (κ2) is 6.90. The quantitative estimate of drug-likeness (QED) is 0.784. The molecule has 2 unspecified atom stereocenters. The summed E-state index contributed by atoms with van der Waals surface area (Å²) in [5, 5.41) is 0. The Morgan fingerprint density at radius 1 is 1.53 bits per heavy atom. The Bertz CT molecular complexity index is 467. The lowest BCUT2D eigenvalue weighted by molar-refractivity contribution is 0.0742. The van der Waals surface area contributed by atoms with Gasteiger partial charge in [-0.3, -0.25) is 4.79 Å². The average Bonchev–Trinajstić information content (AvgIpc) is 2.73. The number of nitrogens with two attached hydrogens (primary N) is 1. The van der Waals surface area contributed by atoms with Gasteiger partial charge >= 0.3 is 0 Å². The highest BCUT2D eigenvalue weighted by atomic mass is 127. The van der Waals surface area contributed by atoms with E-state index in [9.17, 15) is 4.79 Å². The summed E-state index contributed by atoms with van der Waals surface area (Å²) in [4.78, 5) is 14.5. The Balaban J connectivity index is 0.00000180. The molecule has 1 aliphatic heterocycles. The lowest BCUT2D eigenvalue weighted by Gasteiger charge is -2.22. The van der Waals surface area contributed by atoms with Crippen LogP contribution in [0.1, 0.15) is 29.3 Å². The fourth-order valence-electron chi connectivity index (χ4n) is 2.59. The molecule has 1 heterocycles. The largest absolute Gasteiger partial charge is 0.336 e. The minimum absolute atomic E-state index is 0. The fourth-order valence-corrected chi connectivity index (χ4v) is 3.09. The van der Waals surface area contributed by atoms with Crippen molar-refractivity contribution in [3.05, 3.63) is 32.9 Å². The number of nitrogens with zero attached hydrogens (tertiary/aromatic N) is 1. The molecule has 1 saturated heterocycles. The molecule has 1 amide bonds. The zero-order valence-electron chi connectivity index (χ0n) is 11.2. The van der Waals surface area contributed by atoms with Crippen LogP contribution in [-0.4, -0.2) is 29.9 Å². The third-order valence-corrected chi connectivity index (χ3v) is 4.92. The van der Waals surface area contributed by atoms with Gasteiger partial charge in [0.15, 0.2) is 0 Å². The third-order valence-electron chi connectivity index (χ3n) is 3.75. The van der Waals surface area contributed by atoms with Crippen LogP contribution >= 0.6 is 35.0 Å². The van der Waals surface area contributed by atoms with Gasteiger partial charge in [0.25, 0.3) is 5.91 Å². The van der Waals surface area contributed by atoms with Gasteiger partial charge in [0, 0.05) is 21.7 Å². The molecule has 0 spiro atoms. The van der Waals surface area contributed by atoms with Crippen molar-refractivity contribution in [2.75, 3.05) is 13.1 Å². The van der Waals surface area contributed by atoms with Crippen molar-refractivity contribution in [3.63, 3.8) is 0 Å². The van der Waals surface area contributed by atoms with Gasteiger partial charge in [-0.15, -0.1) is 12.4 Å². The molecule has 19 heavy (non-hydrogen) atoms. The van der Waals surface area contributed by atoms with Crippen LogP contribution in [0, 0.1) is 16.4 Å². The Hall–Kier alpha value is -0.330. The molecular formula is C14H20ClIN2O. The van der Waals surface area contributed by atoms with Crippen molar-refractivity contribution >= 4 is 40.9 Å². The van der Waals surface area contributed by atoms with E-state index >= 15 is 0 Å². The first-order valence-electron chi connectivity index (χ1n) is 6.30. The molecule has 0 aliphatic carbocycles. The maximum atomic E-state index is 12.6. The zero-order chi connectivity index (χ0) is 13.3. The number of benzene rings is 1. The minimum Gasteiger partial charge on any atom is -0.336 e. The number of hydrogen-bond donors (Lipinski definition) is 1. The SMILES string of the molecule is Cc1c(I)cccc1C(=O)N1CC(CN)CC1C.Cl. The minimum atomic E-state index is 0. The molecule has 0 radical (unpaired) electrons. The number of carbonyl (C=O) groups is 1. The third kappa shape index (κ3) is 3.41. The van der Waals surface area contributed by atoms with E-state index in [0.29, 0.717) is 18.5 Å². The topological polar surface area (TPSA) is 46.3 Å². The molecule has 0 aromatic heterocycles. The Labute approximate surface area is 134 Å². The highest BCUT2D eigenvalue weighted by molar-refractivity contribution is 14.1. The van der Waals surface area contributed by atoms with Gasteiger partial charge < -0.3 is 10.6 Å². The van der Waals surface area contributed by atoms with Crippen molar-refractivity contribution in [3.8, 4) is 0 Å². The van der Waals surface area contributed by atoms with Gasteiger partial charge in [-0.25, -0.2) is 0 Å². The summed E-state index contributed by atoms with van der Waals surface area (Å²) in [5.74, 6) is 0.599. The molecule has 106 valence electrons. The predicted molar refractivity (Wildman–Crippen MR) is 88.8 cm³/mol. The lowest BCUT2D eigenvalue weighted by atomic mass is 10.1. The van der Waals surface area contributed by atoms with Crippen molar-refractivity contribution in [1.82, 2.24) is 4.90 Å². The van der Waals surface area contributed by atoms with Crippen LogP contribution in [0.4, 0.5) is 0 Å². The van der Waals surface area contributed by atoms with Crippen molar-refractivity contribution in [1.29, 1.82) is 0 Å². The molecular weight excluding hydrogens is 375 g/mol. The molecule has 3 nitrogen and oxygen atoms in total. The van der Waals surface area contributed by atoms with E-state index in [4.69, 9.17) is 5.73 Å². The highest BCUT2D eigenvalue weighted by Crippen LogP contribution is 2.26. The summed E-state index contributed by atoms with van der Waals surface area (Å²) < 4.78 is 1.14. The molecule has 1 aromatic rings. The van der Waals surface area contributed by atoms with Crippen LogP contribution in [0.25, 0.3) is 0 Å². The number of carbonyl (C=O) groups excluding carboxylic acids is 1. The maximum Gasteiger partial charge on any atom is 0.254 e. The molecule has 2 rings (SSSR count). The van der Waals surface area contributed by atoms with Crippen LogP contribution in [0.5, 0.6) is 0 Å². The second-order valence-electron chi connectivity index (χ2n) is 5.06. The van der Waals surface area contributed by atoms with E-state index in [1.54, 1.807) is 0 Å². The van der Waals surface area contributed by atoms with Crippen molar-refractivity contribution in [2.45, 2.75) is 26.3 Å². The van der Waals surface area contributed by atoms with E-state index in [1.807, 2.05) is 30.0 Å². The summed E-state index contributed by atoms with van der Waals surface area (Å²) in [5.41, 5.74) is 7.61. The van der Waals surface area contributed by atoms with Crippen molar-refractivity contribution < 1.29 is 4.79 Å². The van der Waals surface area contributed by atoms with E-state index in [2.05, 4.69) is 29.5 Å². The molecule has 5 heteroatoms. The summed E-state index contributed by atoms with van der Waals surface area (Å²) >= 11 is 2.27. The first-order chi connectivity index (χ1) is 8.54. The Kier molecular flexibility index (Phi) is 6.08. The van der Waals surface area contributed by atoms with Gasteiger partial charge in [0.2, 0.25) is 0 Å². The Morgan fingerprint density at radius 2 is 2.21 bits per heavy atom. The zero-order valence-corrected chi connectivity index (χ0v) is 14.2. The van der Waals surface area contributed by atoms with E-state index in [0.717, 1.165) is 27.7 Å². The average molecular weight is 395 g/mol. The monoisotopic (exact) mass is 394 g/mol. The van der Waals surface area contributed by atoms with Crippen LogP contribution in [0.2, 0.25) is 0 Å². The van der Waals surface area contributed by atoms with E-state index in [-0.39, 0.29) is 18.3 Å². The van der Waals surface area contributed by atoms with Crippen molar-refractivity contribution in [2.24, 2.45) is 11.7 Å². The summed E-state index contributed by atoms with van der Waals surface area (Å²) in [7, 11) is 0. The van der Waals surface area contributed by atoms with Crippen LogP contribution in [0.3, 0.4) is 0 Å². The van der Waals surface area contributed by atoms with Gasteiger partial charge in [0.05, 0.1) is 0 Å². The summed E-state index contributed by atoms with van der Waals surface area (Å²) in [6.07, 6.45) is 1.02. The van der Waals surface area contributed by atoms with Gasteiger partial charge in [-0.2, -0.15) is 0 Å². The molecule has 1 aliphatic rings. The van der Waals surface area contributed by atoms with Gasteiger partial charge in [0.1, 0.15) is 0 Å². The van der Waals surface area contributed by atoms with E-state index < -0.39 is 0 Å². The van der Waals surface area contributed by atoms with Crippen LogP contribution in [0.15, 0.2) is 18.2 Å². The smallest absolute Gasteiger partial charge is 0.254 e. The number of halogens is 2. The number of hydrogen-bond acceptors (Lipinski definition) is 2. The van der Waals surface area contributed by atoms with Gasteiger partial charge in [-0.1, -0.05) is 6.07 Å². The fraction of sp³-hybridized carbons (Fsp3) is 0.500.